The number of fused-ring (bicyclic) bond motifs is 2. The number of para-hydroxylation sites is 2. The van der Waals surface area contributed by atoms with Gasteiger partial charge >= 0.3 is 0 Å². The second-order valence-electron chi connectivity index (χ2n) is 39.8. The van der Waals surface area contributed by atoms with Gasteiger partial charge in [-0.15, -0.1) is 10.2 Å². The molecule has 0 saturated carbocycles. The average molecular weight is 1980 g/mol. The molecule has 0 spiro atoms. The molecule has 12 N–H and O–H groups in total. The first kappa shape index (κ1) is 112. The Balaban J connectivity index is 0.944. The number of ether oxygens (including phenoxy) is 2. The van der Waals surface area contributed by atoms with Crippen LogP contribution in [0.25, 0.3) is 21.8 Å². The monoisotopic (exact) mass is 1980 g/mol. The number of rotatable bonds is 32. The third-order valence-corrected chi connectivity index (χ3v) is 26.8. The van der Waals surface area contributed by atoms with Gasteiger partial charge in [0.05, 0.1) is 11.4 Å². The SMILES string of the molecule is CO[C@H](c1ccccc1)[C@@H]1NC(=O)[C@H](C)NC(=O)[C@H](C[C@@H](C)CO)N(C)C(=O)[C@H](Cc2cn(C)c3ccccc23)NC(=O)[C@H](Cc2cn(CCCCCn3cc(C[C@@H]4NC(=O)[C@H](CC(C)C)N(C)C(=O)[C@H](C(C)C)NC(=O)[C@H]([C@H](OC)c5ccccc5)NC(=O)[C@H](C)NC(=O)[C@H](C[C@@H](C)CO)N(C)C(=O)[C@H](Cc5cn(C)c6ccccc56)NC4=O)nn3)nn2)NC(=O)[C@H](CC(C)C)N(C)C(=O)[C@H](C(C)C)NC1=O. The van der Waals surface area contributed by atoms with Gasteiger partial charge in [0, 0.05) is 155 Å². The van der Waals surface area contributed by atoms with Gasteiger partial charge in [-0.1, -0.05) is 177 Å². The quantitative estimate of drug-likeness (QED) is 0.0267. The molecule has 0 bridgehead atoms. The topological polar surface area (TPSA) is 502 Å². The molecule has 776 valence electrons. The fraction of sp³-hybridized carbons (Fsp3) is 0.553. The van der Waals surface area contributed by atoms with E-state index in [4.69, 9.17) is 9.47 Å². The molecule has 6 heterocycles. The van der Waals surface area contributed by atoms with Gasteiger partial charge in [-0.05, 0) is 129 Å². The molecule has 2 fully saturated rings. The number of hydrogen-bond donors (Lipinski definition) is 12. The first-order valence-electron chi connectivity index (χ1n) is 49.3. The summed E-state index contributed by atoms with van der Waals surface area (Å²) in [5, 5.41) is 69.0. The molecule has 2 aliphatic rings. The number of hydrogen-bond acceptors (Lipinski definition) is 22. The van der Waals surface area contributed by atoms with Crippen molar-refractivity contribution in [3.05, 3.63) is 168 Å². The maximum Gasteiger partial charge on any atom is 0.246 e. The van der Waals surface area contributed by atoms with Crippen LogP contribution in [0.2, 0.25) is 0 Å². The fourth-order valence-corrected chi connectivity index (χ4v) is 18.4. The Bertz CT molecular complexity index is 5380. The lowest BCUT2D eigenvalue weighted by atomic mass is 9.96. The molecular weight excluding hydrogens is 1830 g/mol. The van der Waals surface area contributed by atoms with Crippen molar-refractivity contribution in [1.82, 2.24) is 112 Å². The summed E-state index contributed by atoms with van der Waals surface area (Å²) in [6.45, 7) is 20.1. The third-order valence-electron chi connectivity index (χ3n) is 26.8. The summed E-state index contributed by atoms with van der Waals surface area (Å²) in [6, 6.07) is 12.2. The Morgan fingerprint density at radius 2 is 0.650 bits per heavy atom. The molecular formula is C103H146N22O18. The van der Waals surface area contributed by atoms with Crippen LogP contribution in [0.5, 0.6) is 0 Å². The molecule has 143 heavy (non-hydrogen) atoms. The van der Waals surface area contributed by atoms with E-state index in [1.165, 1.54) is 66.1 Å². The second kappa shape index (κ2) is 51.6. The molecule has 40 nitrogen and oxygen atoms in total. The van der Waals surface area contributed by atoms with Crippen LogP contribution < -0.4 is 53.2 Å². The highest BCUT2D eigenvalue weighted by Crippen LogP contribution is 2.30. The number of aliphatic hydroxyl groups is 2. The van der Waals surface area contributed by atoms with Crippen molar-refractivity contribution in [2.24, 2.45) is 49.6 Å². The summed E-state index contributed by atoms with van der Waals surface area (Å²) in [6.07, 6.45) is 5.03. The number of likely N-dealkylation sites (N-methyl/N-ethyl adjacent to an activating group) is 4. The number of amides is 14. The summed E-state index contributed by atoms with van der Waals surface area (Å²) >= 11 is 0. The first-order valence-corrected chi connectivity index (χ1v) is 49.3. The highest BCUT2D eigenvalue weighted by Gasteiger charge is 2.46. The predicted octanol–water partition coefficient (Wildman–Crippen LogP) is 3.73. The molecule has 2 aliphatic heterocycles. The average Bonchev–Trinajstić information content (AvgIpc) is 1.62. The van der Waals surface area contributed by atoms with Gasteiger partial charge < -0.3 is 102 Å². The van der Waals surface area contributed by atoms with Crippen molar-refractivity contribution in [3.8, 4) is 0 Å². The lowest BCUT2D eigenvalue weighted by Gasteiger charge is -2.35. The molecule has 8 aromatic rings. The molecule has 4 aromatic carbocycles. The van der Waals surface area contributed by atoms with E-state index in [1.54, 1.807) is 124 Å². The van der Waals surface area contributed by atoms with Gasteiger partial charge in [-0.25, -0.2) is 0 Å². The Morgan fingerprint density at radius 3 is 0.986 bits per heavy atom. The summed E-state index contributed by atoms with van der Waals surface area (Å²) in [7, 11) is 12.0. The van der Waals surface area contributed by atoms with Gasteiger partial charge in [0.25, 0.3) is 0 Å². The molecule has 2 saturated heterocycles. The minimum Gasteiger partial charge on any atom is -0.396 e. The van der Waals surface area contributed by atoms with Crippen LogP contribution in [-0.4, -0.2) is 292 Å². The normalized spacial score (nSPS) is 23.8. The van der Waals surface area contributed by atoms with Gasteiger partial charge in [-0.3, -0.25) is 76.5 Å². The van der Waals surface area contributed by atoms with E-state index < -0.39 is 216 Å². The summed E-state index contributed by atoms with van der Waals surface area (Å²) in [4.78, 5) is 219. The van der Waals surface area contributed by atoms with Gasteiger partial charge in [0.2, 0.25) is 82.7 Å². The Hall–Kier alpha value is -13.3. The number of methoxy groups -OCH3 is 2. The van der Waals surface area contributed by atoms with Crippen molar-refractivity contribution in [2.45, 2.75) is 264 Å². The number of carbonyl (C=O) groups is 14. The number of benzene rings is 4. The molecule has 14 amide bonds. The number of aliphatic hydroxyl groups excluding tert-OH is 2. The molecule has 40 heteroatoms. The summed E-state index contributed by atoms with van der Waals surface area (Å²) in [5.41, 5.74) is 4.29. The zero-order chi connectivity index (χ0) is 105. The van der Waals surface area contributed by atoms with Crippen LogP contribution in [0.1, 0.15) is 174 Å². The zero-order valence-corrected chi connectivity index (χ0v) is 85.8. The third kappa shape index (κ3) is 29.0. The Labute approximate surface area is 835 Å². The van der Waals surface area contributed by atoms with E-state index in [1.807, 2.05) is 112 Å². The largest absolute Gasteiger partial charge is 0.396 e. The van der Waals surface area contributed by atoms with Crippen LogP contribution in [0.3, 0.4) is 0 Å². The Morgan fingerprint density at radius 1 is 0.336 bits per heavy atom. The van der Waals surface area contributed by atoms with Crippen molar-refractivity contribution in [2.75, 3.05) is 55.6 Å². The number of unbranched alkanes of at least 4 members (excludes halogenated alkanes) is 2. The van der Waals surface area contributed by atoms with Crippen LogP contribution in [0.15, 0.2) is 134 Å². The molecule has 18 atom stereocenters. The Kier molecular flexibility index (Phi) is 40.3. The van der Waals surface area contributed by atoms with Crippen LogP contribution in [0.4, 0.5) is 0 Å². The number of aryl methyl sites for hydroxylation is 4. The van der Waals surface area contributed by atoms with Crippen molar-refractivity contribution >= 4 is 105 Å². The van der Waals surface area contributed by atoms with Gasteiger partial charge in [0.1, 0.15) is 96.8 Å². The van der Waals surface area contributed by atoms with Crippen LogP contribution in [-0.2, 0) is 129 Å². The number of aromatic nitrogens is 8. The summed E-state index contributed by atoms with van der Waals surface area (Å²) in [5.74, 6) is -14.1. The van der Waals surface area contributed by atoms with E-state index >= 15 is 47.9 Å². The van der Waals surface area contributed by atoms with E-state index in [0.29, 0.717) is 41.5 Å². The standard InChI is InChI=1S/C103H146N22O18/c1-58(2)44-80-96(134)106-74(92(130)108-76(48-68-52-118(13)78-40-30-28-38-72(68)78)100(138)120(15)82(46-62(9)56-126)94(132)104-64(11)90(128)112-86(88(142-19)66-34-24-21-25-35-66)98(136)110-84(60(5)6)102(140)122(80)17)50-70-54-124(116-114-70)42-32-23-33-43-125-55-71(115-117-125)51-75-93(131)109-77(49-69-53-119(14)79-41-31-29-39-73(69)79)101(139)121(16)83(47-63(10)57-127)95(133)105-65(12)91(129)113-87(89(143-20)67-36-26-22-27-37-67)99(137)111-85(61(7)8)103(141)123(18)81(45-59(3)4)97(135)107-75/h21-22,24-31,34-41,52-55,58-65,74-77,80-89,126-127H,23,32-33,42-51,56-57H2,1-20H3,(H,104,132)(H,105,133)(H,106,134)(H,107,135)(H,108,130)(H,109,131)(H,110,136)(H,111,137)(H,112,128)(H,113,129)/t62-,63-,64+,65+,74+,75+,76+,77+,80+,81+,82+,83+,84+,85+,86+,87+,88-,89-/m1/s1. The summed E-state index contributed by atoms with van der Waals surface area (Å²) < 4.78 is 18.8. The number of carbonyl (C=O) groups excluding carboxylic acids is 14. The van der Waals surface area contributed by atoms with Crippen LogP contribution in [0, 0.1) is 35.5 Å². The van der Waals surface area contributed by atoms with Gasteiger partial charge in [-0.2, -0.15) is 0 Å². The highest BCUT2D eigenvalue weighted by atomic mass is 16.5. The highest BCUT2D eigenvalue weighted by molar-refractivity contribution is 6.02. The zero-order valence-electron chi connectivity index (χ0n) is 85.8. The smallest absolute Gasteiger partial charge is 0.246 e. The fourth-order valence-electron chi connectivity index (χ4n) is 18.4. The van der Waals surface area contributed by atoms with Crippen molar-refractivity contribution < 1.29 is 86.8 Å². The van der Waals surface area contributed by atoms with Crippen molar-refractivity contribution in [1.29, 1.82) is 0 Å². The van der Waals surface area contributed by atoms with E-state index in [9.17, 15) is 29.4 Å². The van der Waals surface area contributed by atoms with Crippen molar-refractivity contribution in [3.63, 3.8) is 0 Å². The maximum absolute atomic E-state index is 15.7. The minimum atomic E-state index is -1.55. The van der Waals surface area contributed by atoms with Gasteiger partial charge in [0.15, 0.2) is 0 Å². The maximum atomic E-state index is 15.7. The lowest BCUT2D eigenvalue weighted by Crippen LogP contribution is -2.61. The first-order chi connectivity index (χ1) is 67.9. The van der Waals surface area contributed by atoms with E-state index in [2.05, 4.69) is 73.8 Å². The molecule has 0 aliphatic carbocycles. The number of nitrogens with zero attached hydrogens (tertiary/aromatic N) is 12. The predicted molar refractivity (Wildman–Crippen MR) is 534 cm³/mol. The number of nitrogens with one attached hydrogen (secondary N) is 10. The molecule has 0 radical (unpaired) electrons. The van der Waals surface area contributed by atoms with E-state index in [0.717, 1.165) is 31.6 Å². The second-order valence-corrected chi connectivity index (χ2v) is 39.8. The molecule has 4 aromatic heterocycles. The molecule has 10 rings (SSSR count). The van der Waals surface area contributed by atoms with Crippen LogP contribution >= 0.6 is 0 Å². The minimum absolute atomic E-state index is 0.0514. The molecule has 0 unspecified atom stereocenters. The lowest BCUT2D eigenvalue weighted by molar-refractivity contribution is -0.145. The van der Waals surface area contributed by atoms with E-state index in [-0.39, 0.29) is 87.7 Å².